The Balaban J connectivity index is 2.81. The summed E-state index contributed by atoms with van der Waals surface area (Å²) in [6.07, 6.45) is 1.79. The van der Waals surface area contributed by atoms with Crippen LogP contribution in [0.25, 0.3) is 5.65 Å². The lowest BCUT2D eigenvalue weighted by Crippen LogP contribution is -2.11. The molecule has 0 amide bonds. The Morgan fingerprint density at radius 3 is 2.69 bits per heavy atom. The van der Waals surface area contributed by atoms with Crippen LogP contribution in [-0.4, -0.2) is 9.38 Å². The minimum atomic E-state index is -0.193. The van der Waals surface area contributed by atoms with E-state index in [1.807, 2.05) is 32.9 Å². The summed E-state index contributed by atoms with van der Waals surface area (Å²) in [7, 11) is 0. The highest BCUT2D eigenvalue weighted by Gasteiger charge is 2.24. The van der Waals surface area contributed by atoms with Crippen molar-refractivity contribution in [3.8, 4) is 0 Å². The zero-order valence-corrected chi connectivity index (χ0v) is 10.9. The zero-order chi connectivity index (χ0) is 11.9. The number of fused-ring (bicyclic) bond motifs is 1. The first kappa shape index (κ1) is 11.3. The molecular weight excluding hydrogens is 270 g/mol. The van der Waals surface area contributed by atoms with Crippen molar-refractivity contribution < 1.29 is 0 Å². The molecule has 2 aromatic heterocycles. The monoisotopic (exact) mass is 281 g/mol. The second-order valence-corrected chi connectivity index (χ2v) is 5.61. The van der Waals surface area contributed by atoms with Gasteiger partial charge in [-0.3, -0.25) is 4.40 Å². The van der Waals surface area contributed by atoms with Crippen LogP contribution in [0.15, 0.2) is 28.0 Å². The summed E-state index contributed by atoms with van der Waals surface area (Å²) in [4.78, 5) is 15.4. The molecule has 0 unspecified atom stereocenters. The standard InChI is InChI=1S/C11H12BrN3O/c1-11(2,3)9-10(14-16)15-5-4-7(12)6-8(15)13-9/h4-6H,1-3H3. The number of hydrogen-bond acceptors (Lipinski definition) is 3. The van der Waals surface area contributed by atoms with Crippen LogP contribution >= 0.6 is 15.9 Å². The Hall–Kier alpha value is -1.23. The molecule has 0 radical (unpaired) electrons. The average Bonchev–Trinajstić information content (AvgIpc) is 2.54. The third kappa shape index (κ3) is 1.75. The number of imidazole rings is 1. The predicted octanol–water partition coefficient (Wildman–Crippen LogP) is 3.79. The van der Waals surface area contributed by atoms with Gasteiger partial charge in [-0.1, -0.05) is 36.7 Å². The van der Waals surface area contributed by atoms with Crippen molar-refractivity contribution in [3.05, 3.63) is 33.4 Å². The number of nitrogens with zero attached hydrogens (tertiary/aromatic N) is 3. The van der Waals surface area contributed by atoms with Crippen molar-refractivity contribution in [1.82, 2.24) is 9.38 Å². The molecular formula is C11H12BrN3O. The number of aromatic nitrogens is 2. The van der Waals surface area contributed by atoms with Crippen molar-refractivity contribution >= 4 is 27.4 Å². The first-order valence-electron chi connectivity index (χ1n) is 4.95. The SMILES string of the molecule is CC(C)(C)c1nc2cc(Br)ccn2c1N=O. The molecule has 0 atom stereocenters. The lowest BCUT2D eigenvalue weighted by molar-refractivity contribution is 0.574. The van der Waals surface area contributed by atoms with Crippen molar-refractivity contribution in [2.45, 2.75) is 26.2 Å². The Morgan fingerprint density at radius 2 is 2.12 bits per heavy atom. The summed E-state index contributed by atoms with van der Waals surface area (Å²) in [5.41, 5.74) is 1.26. The number of pyridine rings is 1. The van der Waals surface area contributed by atoms with Crippen LogP contribution in [0.3, 0.4) is 0 Å². The summed E-state index contributed by atoms with van der Waals surface area (Å²) < 4.78 is 2.64. The summed E-state index contributed by atoms with van der Waals surface area (Å²) in [6.45, 7) is 6.04. The maximum absolute atomic E-state index is 10.9. The van der Waals surface area contributed by atoms with E-state index in [1.165, 1.54) is 0 Å². The van der Waals surface area contributed by atoms with Gasteiger partial charge < -0.3 is 0 Å². The van der Waals surface area contributed by atoms with Crippen LogP contribution in [0.4, 0.5) is 5.82 Å². The molecule has 5 heteroatoms. The molecule has 2 rings (SSSR count). The van der Waals surface area contributed by atoms with Gasteiger partial charge in [-0.2, -0.15) is 0 Å². The van der Waals surface area contributed by atoms with E-state index in [4.69, 9.17) is 0 Å². The van der Waals surface area contributed by atoms with E-state index in [0.717, 1.165) is 15.8 Å². The molecule has 0 aliphatic rings. The first-order chi connectivity index (χ1) is 7.43. The van der Waals surface area contributed by atoms with Crippen LogP contribution in [0.5, 0.6) is 0 Å². The summed E-state index contributed by atoms with van der Waals surface area (Å²) in [5, 5.41) is 3.09. The van der Waals surface area contributed by atoms with Gasteiger partial charge in [0.05, 0.1) is 5.69 Å². The van der Waals surface area contributed by atoms with Crippen molar-refractivity contribution in [2.75, 3.05) is 0 Å². The molecule has 84 valence electrons. The Labute approximate surface area is 102 Å². The fourth-order valence-electron chi connectivity index (χ4n) is 1.60. The first-order valence-corrected chi connectivity index (χ1v) is 5.74. The van der Waals surface area contributed by atoms with Gasteiger partial charge in [0.15, 0.2) is 0 Å². The molecule has 0 aliphatic carbocycles. The van der Waals surface area contributed by atoms with Gasteiger partial charge in [0, 0.05) is 16.1 Å². The zero-order valence-electron chi connectivity index (χ0n) is 9.36. The van der Waals surface area contributed by atoms with Gasteiger partial charge in [0.25, 0.3) is 0 Å². The average molecular weight is 282 g/mol. The van der Waals surface area contributed by atoms with Crippen LogP contribution in [0.2, 0.25) is 0 Å². The minimum Gasteiger partial charge on any atom is -0.281 e. The Bertz CT molecular complexity index is 554. The van der Waals surface area contributed by atoms with Gasteiger partial charge >= 0.3 is 0 Å². The number of hydrogen-bond donors (Lipinski definition) is 0. The third-order valence-corrected chi connectivity index (χ3v) is 2.85. The number of rotatable bonds is 1. The lowest BCUT2D eigenvalue weighted by atomic mass is 9.92. The van der Waals surface area contributed by atoms with E-state index < -0.39 is 0 Å². The molecule has 0 bridgehead atoms. The van der Waals surface area contributed by atoms with Crippen molar-refractivity contribution in [1.29, 1.82) is 0 Å². The van der Waals surface area contributed by atoms with Crippen LogP contribution in [-0.2, 0) is 5.41 Å². The topological polar surface area (TPSA) is 46.7 Å². The fraction of sp³-hybridized carbons (Fsp3) is 0.364. The molecule has 16 heavy (non-hydrogen) atoms. The highest BCUT2D eigenvalue weighted by molar-refractivity contribution is 9.10. The van der Waals surface area contributed by atoms with Crippen LogP contribution in [0.1, 0.15) is 26.5 Å². The highest BCUT2D eigenvalue weighted by atomic mass is 79.9. The van der Waals surface area contributed by atoms with E-state index in [9.17, 15) is 4.91 Å². The van der Waals surface area contributed by atoms with E-state index >= 15 is 0 Å². The summed E-state index contributed by atoms with van der Waals surface area (Å²) >= 11 is 3.38. The third-order valence-electron chi connectivity index (χ3n) is 2.36. The Morgan fingerprint density at radius 1 is 1.44 bits per heavy atom. The van der Waals surface area contributed by atoms with Crippen LogP contribution in [0, 0.1) is 4.91 Å². The van der Waals surface area contributed by atoms with Crippen molar-refractivity contribution in [3.63, 3.8) is 0 Å². The van der Waals surface area contributed by atoms with Crippen LogP contribution < -0.4 is 0 Å². The van der Waals surface area contributed by atoms with Gasteiger partial charge in [-0.25, -0.2) is 4.98 Å². The van der Waals surface area contributed by atoms with Gasteiger partial charge in [0.1, 0.15) is 5.65 Å². The fourth-order valence-corrected chi connectivity index (χ4v) is 1.92. The maximum Gasteiger partial charge on any atom is 0.205 e. The molecule has 0 aromatic carbocycles. The van der Waals surface area contributed by atoms with E-state index in [1.54, 1.807) is 10.6 Å². The second kappa shape index (κ2) is 3.66. The molecule has 0 saturated heterocycles. The number of nitroso groups, excluding NO2 is 1. The normalized spacial score (nSPS) is 12.0. The minimum absolute atomic E-state index is 0.193. The molecule has 0 N–H and O–H groups in total. The summed E-state index contributed by atoms with van der Waals surface area (Å²) in [5.74, 6) is 0.384. The summed E-state index contributed by atoms with van der Waals surface area (Å²) in [6, 6.07) is 3.72. The lowest BCUT2D eigenvalue weighted by Gasteiger charge is -2.14. The predicted molar refractivity (Wildman–Crippen MR) is 67.0 cm³/mol. The van der Waals surface area contributed by atoms with Crippen molar-refractivity contribution in [2.24, 2.45) is 5.18 Å². The largest absolute Gasteiger partial charge is 0.281 e. The maximum atomic E-state index is 10.9. The van der Waals surface area contributed by atoms with E-state index in [0.29, 0.717) is 5.82 Å². The quantitative estimate of drug-likeness (QED) is 0.747. The molecule has 0 aliphatic heterocycles. The van der Waals surface area contributed by atoms with E-state index in [2.05, 4.69) is 26.1 Å². The van der Waals surface area contributed by atoms with Gasteiger partial charge in [-0.05, 0) is 17.3 Å². The van der Waals surface area contributed by atoms with Gasteiger partial charge in [-0.15, -0.1) is 4.91 Å². The Kier molecular flexibility index (Phi) is 2.58. The highest BCUT2D eigenvalue weighted by Crippen LogP contribution is 2.32. The van der Waals surface area contributed by atoms with E-state index in [-0.39, 0.29) is 5.41 Å². The molecule has 2 aromatic rings. The van der Waals surface area contributed by atoms with Gasteiger partial charge in [0.2, 0.25) is 5.82 Å². The molecule has 0 saturated carbocycles. The second-order valence-electron chi connectivity index (χ2n) is 4.70. The molecule has 2 heterocycles. The molecule has 0 fully saturated rings. The molecule has 0 spiro atoms. The smallest absolute Gasteiger partial charge is 0.205 e. The molecule has 4 nitrogen and oxygen atoms in total. The number of halogens is 1.